The average Bonchev–Trinajstić information content (AvgIpc) is 0.692. The van der Waals surface area contributed by atoms with Crippen molar-refractivity contribution in [3.63, 3.8) is 0 Å². The Kier molecular flexibility index (Phi) is 14.0. The van der Waals surface area contributed by atoms with Crippen LogP contribution in [-0.4, -0.2) is 18.0 Å². The maximum Gasteiger partial charge on any atom is 0.252 e. The summed E-state index contributed by atoms with van der Waals surface area (Å²) in [6.45, 7) is -0.407. The van der Waals surface area contributed by atoms with Crippen LogP contribution in [0.4, 0.5) is 68.2 Å². The summed E-state index contributed by atoms with van der Waals surface area (Å²) in [6, 6.07) is 143. The van der Waals surface area contributed by atoms with E-state index in [1.54, 1.807) is 0 Å². The number of hydrogen-bond acceptors (Lipinski definition) is 5. The van der Waals surface area contributed by atoms with Crippen molar-refractivity contribution >= 4 is 148 Å². The van der Waals surface area contributed by atoms with Crippen LogP contribution in [0.2, 0.25) is 0 Å². The van der Waals surface area contributed by atoms with Crippen LogP contribution in [-0.2, 0) is 0 Å². The fourth-order valence-electron chi connectivity index (χ4n) is 17.5. The smallest absolute Gasteiger partial charge is 0.252 e. The van der Waals surface area contributed by atoms with Crippen LogP contribution >= 0.6 is 11.8 Å². The summed E-state index contributed by atoms with van der Waals surface area (Å²) in [5.74, 6) is 0. The summed E-state index contributed by atoms with van der Waals surface area (Å²) in [6.07, 6.45) is 0. The minimum Gasteiger partial charge on any atom is -0.311 e. The fraction of sp³-hybridized carbons (Fsp3) is 0. The molecule has 0 fully saturated rings. The standard InChI is InChI=1S/C96H63B2N5S/c1-8-32-64(33-9-1)73-48-30-49-74(65-34-10-2-11-35-65)95(73)102-85-56-28-24-52-79(85)97-81-62-82-87(63-86(81)100(70-44-20-7-21-45-70)88-58-71(59-89(102)93(88)97)101-83-54-26-22-46-77(83)78-47-23-27-55-84(78)101)103(96-75(66-36-12-3-13-37-66)50-31-51-76(96)67-38-14-4-15-39-67)90-60-72(61-92-94(90)98(82)80-53-25-29-57-91(80)104-92)99(68-40-16-5-17-41-68)69-42-18-6-19-43-69/h1-63H. The molecular weight excluding hydrogens is 1280 g/mol. The van der Waals surface area contributed by atoms with Gasteiger partial charge in [-0.25, -0.2) is 0 Å². The summed E-state index contributed by atoms with van der Waals surface area (Å²) in [4.78, 5) is 12.9. The van der Waals surface area contributed by atoms with Crippen LogP contribution in [0.5, 0.6) is 0 Å². The van der Waals surface area contributed by atoms with Gasteiger partial charge in [0.2, 0.25) is 6.71 Å². The molecule has 0 radical (unpaired) electrons. The van der Waals surface area contributed by atoms with Crippen LogP contribution in [0.1, 0.15) is 0 Å². The van der Waals surface area contributed by atoms with Crippen molar-refractivity contribution < 1.29 is 0 Å². The molecule has 0 unspecified atom stereocenters. The van der Waals surface area contributed by atoms with Gasteiger partial charge in [0.1, 0.15) is 0 Å². The monoisotopic (exact) mass is 1340 g/mol. The van der Waals surface area contributed by atoms with Gasteiger partial charge in [-0.3, -0.25) is 0 Å². The second-order valence-corrected chi connectivity index (χ2v) is 28.5. The van der Waals surface area contributed by atoms with E-state index in [0.717, 1.165) is 129 Å². The molecule has 0 N–H and O–H groups in total. The van der Waals surface area contributed by atoms with Gasteiger partial charge in [0, 0.05) is 99.7 Å². The quantitative estimate of drug-likeness (QED) is 0.120. The van der Waals surface area contributed by atoms with Gasteiger partial charge in [0.25, 0.3) is 6.71 Å². The van der Waals surface area contributed by atoms with E-state index in [1.165, 1.54) is 53.3 Å². The van der Waals surface area contributed by atoms with E-state index in [0.29, 0.717) is 0 Å². The van der Waals surface area contributed by atoms with Crippen LogP contribution < -0.4 is 52.4 Å². The molecule has 104 heavy (non-hydrogen) atoms. The summed E-state index contributed by atoms with van der Waals surface area (Å²) in [7, 11) is 0. The van der Waals surface area contributed by atoms with Crippen molar-refractivity contribution in [1.29, 1.82) is 0 Å². The normalized spacial score (nSPS) is 12.9. The van der Waals surface area contributed by atoms with E-state index < -0.39 is 0 Å². The van der Waals surface area contributed by atoms with Crippen molar-refractivity contribution in [2.75, 3.05) is 19.6 Å². The largest absolute Gasteiger partial charge is 0.311 e. The van der Waals surface area contributed by atoms with Gasteiger partial charge in [0.05, 0.1) is 28.1 Å². The Morgan fingerprint density at radius 3 is 1.17 bits per heavy atom. The minimum absolute atomic E-state index is 0.167. The van der Waals surface area contributed by atoms with Crippen molar-refractivity contribution in [3.8, 4) is 50.2 Å². The molecule has 16 aromatic carbocycles. The highest BCUT2D eigenvalue weighted by molar-refractivity contribution is 8.00. The van der Waals surface area contributed by atoms with Gasteiger partial charge >= 0.3 is 0 Å². The number of fused-ring (bicyclic) bond motifs is 11. The summed E-state index contributed by atoms with van der Waals surface area (Å²) in [5.41, 5.74) is 33.4. The van der Waals surface area contributed by atoms with E-state index in [1.807, 2.05) is 11.8 Å². The van der Waals surface area contributed by atoms with Crippen molar-refractivity contribution in [2.45, 2.75) is 9.79 Å². The SMILES string of the molecule is c1ccc(-c2cccc(-c3ccccc3)c2N2c3cc4c(cc3B3c5ccccc5Sc5cc(N(c6ccccc6)c6ccccc6)cc2c53)B2c3ccccc3N(c3c(-c5ccccc5)cccc3-c3ccccc3)c3cc(-n5c6ccccc6c6ccccc65)cc(c32)N4c2ccccc2)cc1. The molecule has 0 atom stereocenters. The first-order valence-electron chi connectivity index (χ1n) is 35.9. The summed E-state index contributed by atoms with van der Waals surface area (Å²) in [5, 5.41) is 2.42. The average molecular weight is 1340 g/mol. The number of hydrogen-bond donors (Lipinski definition) is 0. The highest BCUT2D eigenvalue weighted by atomic mass is 32.2. The molecule has 5 heterocycles. The highest BCUT2D eigenvalue weighted by Crippen LogP contribution is 2.55. The number of para-hydroxylation sites is 8. The third-order valence-corrected chi connectivity index (χ3v) is 22.9. The molecule has 0 aliphatic carbocycles. The lowest BCUT2D eigenvalue weighted by molar-refractivity contribution is 1.16. The molecule has 0 bridgehead atoms. The van der Waals surface area contributed by atoms with E-state index in [-0.39, 0.29) is 13.4 Å². The fourth-order valence-corrected chi connectivity index (χ4v) is 18.7. The van der Waals surface area contributed by atoms with Gasteiger partial charge in [-0.15, -0.1) is 0 Å². The zero-order chi connectivity index (χ0) is 68.3. The number of aromatic nitrogens is 1. The zero-order valence-corrected chi connectivity index (χ0v) is 57.5. The lowest BCUT2D eigenvalue weighted by Crippen LogP contribution is -2.64. The molecule has 0 saturated carbocycles. The van der Waals surface area contributed by atoms with Crippen molar-refractivity contribution in [3.05, 3.63) is 382 Å². The first-order chi connectivity index (χ1) is 51.7. The van der Waals surface area contributed by atoms with E-state index in [2.05, 4.69) is 406 Å². The highest BCUT2D eigenvalue weighted by Gasteiger charge is 2.49. The molecule has 8 heteroatoms. The zero-order valence-electron chi connectivity index (χ0n) is 56.7. The molecule has 0 spiro atoms. The predicted octanol–water partition coefficient (Wildman–Crippen LogP) is 21.8. The number of rotatable bonds is 11. The molecule has 0 amide bonds. The number of nitrogens with zero attached hydrogens (tertiary/aromatic N) is 5. The lowest BCUT2D eigenvalue weighted by Gasteiger charge is -2.47. The Bertz CT molecular complexity index is 6030. The van der Waals surface area contributed by atoms with E-state index in [9.17, 15) is 0 Å². The number of benzene rings is 16. The summed E-state index contributed by atoms with van der Waals surface area (Å²) >= 11 is 1.90. The van der Waals surface area contributed by atoms with Crippen LogP contribution in [0.25, 0.3) is 72.0 Å². The Morgan fingerprint density at radius 1 is 0.240 bits per heavy atom. The Labute approximate surface area is 610 Å². The van der Waals surface area contributed by atoms with Gasteiger partial charge in [-0.2, -0.15) is 0 Å². The molecule has 4 aliphatic rings. The minimum atomic E-state index is -0.240. The van der Waals surface area contributed by atoms with E-state index in [4.69, 9.17) is 0 Å². The van der Waals surface area contributed by atoms with Crippen molar-refractivity contribution in [1.82, 2.24) is 4.57 Å². The van der Waals surface area contributed by atoms with Gasteiger partial charge < -0.3 is 24.2 Å². The molecule has 484 valence electrons. The lowest BCUT2D eigenvalue weighted by atomic mass is 9.30. The molecule has 4 aliphatic heterocycles. The molecule has 0 saturated heterocycles. The Balaban J connectivity index is 0.919. The first-order valence-corrected chi connectivity index (χ1v) is 36.7. The van der Waals surface area contributed by atoms with Gasteiger partial charge in [-0.1, -0.05) is 308 Å². The van der Waals surface area contributed by atoms with Gasteiger partial charge in [-0.05, 0) is 141 Å². The molecule has 17 aromatic rings. The van der Waals surface area contributed by atoms with Gasteiger partial charge in [0.15, 0.2) is 0 Å². The third-order valence-electron chi connectivity index (χ3n) is 21.7. The molecule has 21 rings (SSSR count). The Hall–Kier alpha value is -13.0. The third kappa shape index (κ3) is 9.38. The molecule has 5 nitrogen and oxygen atoms in total. The first kappa shape index (κ1) is 59.8. The maximum absolute atomic E-state index is 2.70. The maximum atomic E-state index is 2.70. The van der Waals surface area contributed by atoms with Crippen molar-refractivity contribution in [2.24, 2.45) is 0 Å². The van der Waals surface area contributed by atoms with Crippen LogP contribution in [0, 0.1) is 0 Å². The second-order valence-electron chi connectivity index (χ2n) is 27.4. The predicted molar refractivity (Wildman–Crippen MR) is 441 cm³/mol. The van der Waals surface area contributed by atoms with Crippen LogP contribution in [0.15, 0.2) is 392 Å². The van der Waals surface area contributed by atoms with E-state index >= 15 is 0 Å². The molecular formula is C96H63B2N5S. The second kappa shape index (κ2) is 24.4. The molecule has 1 aromatic heterocycles. The summed E-state index contributed by atoms with van der Waals surface area (Å²) < 4.78 is 2.52. The topological polar surface area (TPSA) is 17.9 Å². The Morgan fingerprint density at radius 2 is 0.644 bits per heavy atom. The number of anilines is 12. The van der Waals surface area contributed by atoms with Crippen LogP contribution in [0.3, 0.4) is 0 Å².